The van der Waals surface area contributed by atoms with Crippen molar-refractivity contribution in [1.29, 1.82) is 0 Å². The van der Waals surface area contributed by atoms with Gasteiger partial charge in [0.15, 0.2) is 0 Å². The molecule has 0 radical (unpaired) electrons. The van der Waals surface area contributed by atoms with Gasteiger partial charge in [0.2, 0.25) is 0 Å². The van der Waals surface area contributed by atoms with Crippen molar-refractivity contribution >= 4 is 20.4 Å². The number of alkyl halides is 1. The van der Waals surface area contributed by atoms with Crippen LogP contribution >= 0.6 is 11.6 Å². The van der Waals surface area contributed by atoms with Crippen LogP contribution in [0.25, 0.3) is 0 Å². The Bertz CT molecular complexity index is 417. The molecule has 0 saturated heterocycles. The summed E-state index contributed by atoms with van der Waals surface area (Å²) in [5.41, 5.74) is 0. The van der Waals surface area contributed by atoms with Crippen molar-refractivity contribution in [2.24, 2.45) is 5.92 Å². The first kappa shape index (κ1) is 34.4. The van der Waals surface area contributed by atoms with Gasteiger partial charge in [0.05, 0.1) is 0 Å². The summed E-state index contributed by atoms with van der Waals surface area (Å²) < 4.78 is 18.0. The zero-order valence-electron chi connectivity index (χ0n) is 24.0. The van der Waals surface area contributed by atoms with E-state index < -0.39 is 8.80 Å². The molecule has 0 fully saturated rings. The van der Waals surface area contributed by atoms with Crippen LogP contribution in [-0.4, -0.2) is 33.5 Å². The van der Waals surface area contributed by atoms with E-state index in [9.17, 15) is 0 Å². The standard InChI is InChI=1S/C29H61ClO3Si/c1-7-11-12-13-14-15-16-17-18-19-20-21-22-23-25-28(5)29(6,30)26-24-27-34(31-8-2,32-9-3)33-10-4/h28H,7-27H2,1-6H3. The van der Waals surface area contributed by atoms with Crippen molar-refractivity contribution in [3.05, 3.63) is 0 Å². The van der Waals surface area contributed by atoms with E-state index in [1.807, 2.05) is 20.8 Å². The van der Waals surface area contributed by atoms with Crippen LogP contribution in [0.5, 0.6) is 0 Å². The molecule has 0 N–H and O–H groups in total. The Hall–Kier alpha value is 0.387. The van der Waals surface area contributed by atoms with E-state index in [4.69, 9.17) is 24.9 Å². The third-order valence-corrected chi connectivity index (χ3v) is 11.0. The van der Waals surface area contributed by atoms with Crippen LogP contribution in [0.2, 0.25) is 6.04 Å². The second kappa shape index (κ2) is 22.6. The summed E-state index contributed by atoms with van der Waals surface area (Å²) in [4.78, 5) is -0.165. The molecule has 5 heteroatoms. The highest BCUT2D eigenvalue weighted by Gasteiger charge is 2.40. The molecule has 0 aromatic heterocycles. The van der Waals surface area contributed by atoms with Gasteiger partial charge in [-0.15, -0.1) is 11.6 Å². The Morgan fingerprint density at radius 1 is 0.618 bits per heavy atom. The monoisotopic (exact) mass is 520 g/mol. The lowest BCUT2D eigenvalue weighted by Gasteiger charge is -2.32. The van der Waals surface area contributed by atoms with Gasteiger partial charge in [-0.3, -0.25) is 0 Å². The fraction of sp³-hybridized carbons (Fsp3) is 1.00. The summed E-state index contributed by atoms with van der Waals surface area (Å²) in [6, 6.07) is 0.858. The number of unbranched alkanes of at least 4 members (excludes halogenated alkanes) is 13. The molecular weight excluding hydrogens is 460 g/mol. The predicted molar refractivity (Wildman–Crippen MR) is 153 cm³/mol. The van der Waals surface area contributed by atoms with Crippen molar-refractivity contribution in [1.82, 2.24) is 0 Å². The van der Waals surface area contributed by atoms with Crippen LogP contribution in [0.15, 0.2) is 0 Å². The van der Waals surface area contributed by atoms with Gasteiger partial charge in [-0.05, 0) is 52.9 Å². The maximum absolute atomic E-state index is 7.00. The minimum atomic E-state index is -2.55. The number of hydrogen-bond donors (Lipinski definition) is 0. The molecule has 0 aliphatic rings. The second-order valence-corrected chi connectivity index (χ2v) is 14.0. The molecule has 3 nitrogen and oxygen atoms in total. The number of halogens is 1. The third-order valence-electron chi connectivity index (χ3n) is 7.26. The largest absolute Gasteiger partial charge is 0.500 e. The maximum Gasteiger partial charge on any atom is 0.500 e. The maximum atomic E-state index is 7.00. The molecule has 0 amide bonds. The van der Waals surface area contributed by atoms with Crippen molar-refractivity contribution in [2.75, 3.05) is 19.8 Å². The second-order valence-electron chi connectivity index (χ2n) is 10.4. The van der Waals surface area contributed by atoms with E-state index in [2.05, 4.69) is 20.8 Å². The fourth-order valence-corrected chi connectivity index (χ4v) is 7.70. The minimum absolute atomic E-state index is 0.165. The Balaban J connectivity index is 3.89. The van der Waals surface area contributed by atoms with E-state index in [1.54, 1.807) is 0 Å². The zero-order valence-corrected chi connectivity index (χ0v) is 25.8. The first-order valence-corrected chi connectivity index (χ1v) is 17.3. The number of rotatable bonds is 26. The summed E-state index contributed by atoms with van der Waals surface area (Å²) in [5, 5.41) is 0. The van der Waals surface area contributed by atoms with E-state index >= 15 is 0 Å². The summed E-state index contributed by atoms with van der Waals surface area (Å²) in [5.74, 6) is 0.522. The Morgan fingerprint density at radius 3 is 1.38 bits per heavy atom. The van der Waals surface area contributed by atoms with E-state index in [0.717, 1.165) is 18.9 Å². The lowest BCUT2D eigenvalue weighted by molar-refractivity contribution is 0.0703. The van der Waals surface area contributed by atoms with Crippen molar-refractivity contribution in [3.63, 3.8) is 0 Å². The SMILES string of the molecule is CCCCCCCCCCCCCCCCC(C)C(C)(Cl)CCC[Si](OCC)(OCC)OCC. The van der Waals surface area contributed by atoms with Gasteiger partial charge in [0, 0.05) is 30.7 Å². The Labute approximate surface area is 220 Å². The normalized spacial score (nSPS) is 14.9. The molecule has 206 valence electrons. The summed E-state index contributed by atoms with van der Waals surface area (Å²) in [7, 11) is -2.55. The van der Waals surface area contributed by atoms with Gasteiger partial charge in [-0.25, -0.2) is 0 Å². The molecule has 0 rings (SSSR count). The molecule has 0 aromatic rings. The molecule has 34 heavy (non-hydrogen) atoms. The fourth-order valence-electron chi connectivity index (χ4n) is 4.84. The molecule has 0 heterocycles. The van der Waals surface area contributed by atoms with E-state index in [0.29, 0.717) is 25.7 Å². The van der Waals surface area contributed by atoms with Crippen LogP contribution < -0.4 is 0 Å². The van der Waals surface area contributed by atoms with E-state index in [-0.39, 0.29) is 4.87 Å². The van der Waals surface area contributed by atoms with Gasteiger partial charge in [-0.1, -0.05) is 104 Å². The lowest BCUT2D eigenvalue weighted by Crippen LogP contribution is -2.46. The average molecular weight is 521 g/mol. The van der Waals surface area contributed by atoms with Crippen molar-refractivity contribution in [2.45, 2.75) is 162 Å². The van der Waals surface area contributed by atoms with Gasteiger partial charge in [0.25, 0.3) is 0 Å². The lowest BCUT2D eigenvalue weighted by atomic mass is 9.86. The molecular formula is C29H61ClO3Si. The molecule has 2 atom stereocenters. The molecule has 0 aromatic carbocycles. The van der Waals surface area contributed by atoms with Gasteiger partial charge in [0.1, 0.15) is 0 Å². The first-order valence-electron chi connectivity index (χ1n) is 15.0. The Morgan fingerprint density at radius 2 is 1.00 bits per heavy atom. The smallest absolute Gasteiger partial charge is 0.374 e. The van der Waals surface area contributed by atoms with Crippen LogP contribution in [-0.2, 0) is 13.3 Å². The molecule has 0 aliphatic carbocycles. The van der Waals surface area contributed by atoms with Crippen molar-refractivity contribution in [3.8, 4) is 0 Å². The van der Waals surface area contributed by atoms with Crippen LogP contribution in [0.3, 0.4) is 0 Å². The highest BCUT2D eigenvalue weighted by Crippen LogP contribution is 2.35. The topological polar surface area (TPSA) is 27.7 Å². The highest BCUT2D eigenvalue weighted by atomic mass is 35.5. The summed E-state index contributed by atoms with van der Waals surface area (Å²) in [6.45, 7) is 14.8. The molecule has 0 saturated carbocycles. The Kier molecular flexibility index (Phi) is 22.8. The third kappa shape index (κ3) is 17.8. The quantitative estimate of drug-likeness (QED) is 0.0644. The molecule has 2 unspecified atom stereocenters. The minimum Gasteiger partial charge on any atom is -0.374 e. The summed E-state index contributed by atoms with van der Waals surface area (Å²) >= 11 is 7.00. The van der Waals surface area contributed by atoms with Crippen LogP contribution in [0.1, 0.15) is 151 Å². The van der Waals surface area contributed by atoms with Gasteiger partial charge in [-0.2, -0.15) is 0 Å². The van der Waals surface area contributed by atoms with Crippen molar-refractivity contribution < 1.29 is 13.3 Å². The zero-order chi connectivity index (χ0) is 25.5. The molecule has 0 spiro atoms. The predicted octanol–water partition coefficient (Wildman–Crippen LogP) is 10.3. The van der Waals surface area contributed by atoms with Gasteiger partial charge >= 0.3 is 8.80 Å². The van der Waals surface area contributed by atoms with Gasteiger partial charge < -0.3 is 13.3 Å². The average Bonchev–Trinajstić information content (AvgIpc) is 2.79. The number of hydrogen-bond acceptors (Lipinski definition) is 3. The summed E-state index contributed by atoms with van der Waals surface area (Å²) in [6.07, 6.45) is 22.9. The molecule has 0 bridgehead atoms. The van der Waals surface area contributed by atoms with E-state index in [1.165, 1.54) is 96.3 Å². The van der Waals surface area contributed by atoms with Crippen LogP contribution in [0, 0.1) is 5.92 Å². The molecule has 0 aliphatic heterocycles. The highest BCUT2D eigenvalue weighted by molar-refractivity contribution is 6.60. The first-order chi connectivity index (χ1) is 16.4. The van der Waals surface area contributed by atoms with Crippen LogP contribution in [0.4, 0.5) is 0 Å².